The van der Waals surface area contributed by atoms with Gasteiger partial charge in [0, 0.05) is 26.8 Å². The molecule has 0 aromatic carbocycles. The normalized spacial score (nSPS) is 25.2. The molecule has 2 aliphatic rings. The van der Waals surface area contributed by atoms with Gasteiger partial charge in [0.2, 0.25) is 0 Å². The molecule has 0 spiro atoms. The molecule has 1 saturated carbocycles. The highest BCUT2D eigenvalue weighted by atomic mass is 16.7. The number of nitrogens with zero attached hydrogens (tertiary/aromatic N) is 4. The zero-order valence-corrected chi connectivity index (χ0v) is 18.7. The summed E-state index contributed by atoms with van der Waals surface area (Å²) in [5.74, 6) is -1.08. The maximum atomic E-state index is 11.9. The Morgan fingerprint density at radius 3 is 2.39 bits per heavy atom. The zero-order chi connectivity index (χ0) is 23.5. The van der Waals surface area contributed by atoms with Gasteiger partial charge in [-0.25, -0.2) is 15.0 Å². The molecule has 1 aliphatic heterocycles. The van der Waals surface area contributed by atoms with Crippen molar-refractivity contribution in [3.05, 3.63) is 12.7 Å². The van der Waals surface area contributed by atoms with E-state index in [1.807, 2.05) is 0 Å². The number of nitrogens with one attached hydrogen (secondary N) is 1. The van der Waals surface area contributed by atoms with Gasteiger partial charge in [0.1, 0.15) is 19.0 Å². The standard InChI is InChI=1S/C21H27N5O7/c1-11(27)30-8-15-17(31-12(2)28)18(32-13(3)29)21(33-15)26-10-24-16-19(22-9-23-20(16)26)25-14-6-4-5-7-14/h9-10,14-15,17-18,21H,4-8H2,1-3H3,(H,22,23,25)/t15-,17-,18-,21-/m1/s1. The fourth-order valence-electron chi connectivity index (χ4n) is 4.32. The molecule has 1 N–H and O–H groups in total. The van der Waals surface area contributed by atoms with Crippen molar-refractivity contribution in [2.45, 2.75) is 77.0 Å². The Bertz CT molecular complexity index is 1040. The molecule has 0 amide bonds. The Hall–Kier alpha value is -3.28. The lowest BCUT2D eigenvalue weighted by molar-refractivity contribution is -0.166. The number of carbonyl (C=O) groups excluding carboxylic acids is 3. The third-order valence-electron chi connectivity index (χ3n) is 5.67. The van der Waals surface area contributed by atoms with Crippen molar-refractivity contribution in [2.75, 3.05) is 11.9 Å². The van der Waals surface area contributed by atoms with E-state index in [4.69, 9.17) is 18.9 Å². The van der Waals surface area contributed by atoms with Crippen LogP contribution in [0.5, 0.6) is 0 Å². The summed E-state index contributed by atoms with van der Waals surface area (Å²) in [5.41, 5.74) is 1.00. The number of fused-ring (bicyclic) bond motifs is 1. The van der Waals surface area contributed by atoms with Crippen molar-refractivity contribution >= 4 is 34.9 Å². The van der Waals surface area contributed by atoms with Gasteiger partial charge < -0.3 is 24.3 Å². The topological polar surface area (TPSA) is 144 Å². The average molecular weight is 461 g/mol. The number of anilines is 1. The summed E-state index contributed by atoms with van der Waals surface area (Å²) in [6.45, 7) is 3.56. The van der Waals surface area contributed by atoms with Gasteiger partial charge in [-0.1, -0.05) is 12.8 Å². The molecule has 178 valence electrons. The first kappa shape index (κ1) is 22.9. The van der Waals surface area contributed by atoms with E-state index < -0.39 is 42.4 Å². The number of hydrogen-bond acceptors (Lipinski definition) is 11. The van der Waals surface area contributed by atoms with E-state index in [-0.39, 0.29) is 6.61 Å². The second-order valence-electron chi connectivity index (χ2n) is 8.19. The summed E-state index contributed by atoms with van der Waals surface area (Å²) in [5, 5.41) is 3.43. The van der Waals surface area contributed by atoms with Gasteiger partial charge in [0.15, 0.2) is 35.4 Å². The van der Waals surface area contributed by atoms with Gasteiger partial charge in [-0.2, -0.15) is 0 Å². The predicted molar refractivity (Wildman–Crippen MR) is 113 cm³/mol. The molecule has 1 saturated heterocycles. The highest BCUT2D eigenvalue weighted by Gasteiger charge is 2.51. The second-order valence-corrected chi connectivity index (χ2v) is 8.19. The van der Waals surface area contributed by atoms with Gasteiger partial charge in [0.25, 0.3) is 0 Å². The molecule has 1 aliphatic carbocycles. The minimum absolute atomic E-state index is 0.183. The molecule has 3 heterocycles. The Balaban J connectivity index is 1.68. The van der Waals surface area contributed by atoms with Gasteiger partial charge in [-0.3, -0.25) is 19.0 Å². The lowest BCUT2D eigenvalue weighted by Gasteiger charge is -2.23. The first-order chi connectivity index (χ1) is 15.8. The molecule has 4 rings (SSSR count). The fourth-order valence-corrected chi connectivity index (χ4v) is 4.32. The molecular weight excluding hydrogens is 434 g/mol. The first-order valence-electron chi connectivity index (χ1n) is 10.9. The van der Waals surface area contributed by atoms with Crippen molar-refractivity contribution < 1.29 is 33.3 Å². The highest BCUT2D eigenvalue weighted by Crippen LogP contribution is 2.36. The summed E-state index contributed by atoms with van der Waals surface area (Å²) in [6.07, 6.45) is 3.62. The maximum absolute atomic E-state index is 11.9. The largest absolute Gasteiger partial charge is 0.463 e. The Labute approximate surface area is 190 Å². The zero-order valence-electron chi connectivity index (χ0n) is 18.7. The third kappa shape index (κ3) is 5.05. The molecule has 33 heavy (non-hydrogen) atoms. The Morgan fingerprint density at radius 1 is 1.03 bits per heavy atom. The molecule has 12 heteroatoms. The summed E-state index contributed by atoms with van der Waals surface area (Å²) >= 11 is 0. The SMILES string of the molecule is CC(=O)OC[C@H]1O[C@@H](n2cnc3c(NC4CCCC4)ncnc32)[C@H](OC(C)=O)[C@@H]1OC(C)=O. The first-order valence-corrected chi connectivity index (χ1v) is 10.9. The fraction of sp³-hybridized carbons (Fsp3) is 0.619. The van der Waals surface area contributed by atoms with Crippen molar-refractivity contribution in [3.63, 3.8) is 0 Å². The molecule has 0 radical (unpaired) electrons. The molecule has 0 unspecified atom stereocenters. The highest BCUT2D eigenvalue weighted by molar-refractivity contribution is 5.83. The number of imidazole rings is 1. The molecule has 2 aromatic rings. The number of carbonyl (C=O) groups is 3. The molecule has 2 aromatic heterocycles. The maximum Gasteiger partial charge on any atom is 0.303 e. The number of aromatic nitrogens is 4. The van der Waals surface area contributed by atoms with Crippen LogP contribution in [0.25, 0.3) is 11.2 Å². The van der Waals surface area contributed by atoms with Crippen molar-refractivity contribution in [2.24, 2.45) is 0 Å². The smallest absolute Gasteiger partial charge is 0.303 e. The molecular formula is C21H27N5O7. The number of rotatable bonds is 7. The van der Waals surface area contributed by atoms with E-state index >= 15 is 0 Å². The van der Waals surface area contributed by atoms with Crippen LogP contribution in [0, 0.1) is 0 Å². The van der Waals surface area contributed by atoms with Crippen LogP contribution in [-0.4, -0.2) is 68.4 Å². The van der Waals surface area contributed by atoms with E-state index in [1.54, 1.807) is 4.57 Å². The average Bonchev–Trinajstić information content (AvgIpc) is 3.47. The van der Waals surface area contributed by atoms with E-state index in [2.05, 4.69) is 20.3 Å². The predicted octanol–water partition coefficient (Wildman–Crippen LogP) is 1.50. The summed E-state index contributed by atoms with van der Waals surface area (Å²) in [4.78, 5) is 48.1. The van der Waals surface area contributed by atoms with Crippen LogP contribution in [0.2, 0.25) is 0 Å². The van der Waals surface area contributed by atoms with Gasteiger partial charge >= 0.3 is 17.9 Å². The summed E-state index contributed by atoms with van der Waals surface area (Å²) in [6, 6.07) is 0.325. The number of ether oxygens (including phenoxy) is 4. The Kier molecular flexibility index (Phi) is 6.72. The molecule has 12 nitrogen and oxygen atoms in total. The second kappa shape index (κ2) is 9.69. The van der Waals surface area contributed by atoms with E-state index in [0.29, 0.717) is 23.0 Å². The van der Waals surface area contributed by atoms with Crippen molar-refractivity contribution in [3.8, 4) is 0 Å². The van der Waals surface area contributed by atoms with Crippen LogP contribution in [0.3, 0.4) is 0 Å². The minimum Gasteiger partial charge on any atom is -0.463 e. The molecule has 2 fully saturated rings. The Morgan fingerprint density at radius 2 is 1.73 bits per heavy atom. The van der Waals surface area contributed by atoms with Crippen LogP contribution < -0.4 is 5.32 Å². The van der Waals surface area contributed by atoms with Crippen molar-refractivity contribution in [1.29, 1.82) is 0 Å². The van der Waals surface area contributed by atoms with Gasteiger partial charge in [-0.15, -0.1) is 0 Å². The quantitative estimate of drug-likeness (QED) is 0.473. The van der Waals surface area contributed by atoms with E-state index in [9.17, 15) is 14.4 Å². The molecule has 4 atom stereocenters. The lowest BCUT2D eigenvalue weighted by atomic mass is 10.1. The number of esters is 3. The van der Waals surface area contributed by atoms with Crippen LogP contribution in [0.15, 0.2) is 12.7 Å². The summed E-state index contributed by atoms with van der Waals surface area (Å²) < 4.78 is 23.7. The van der Waals surface area contributed by atoms with Crippen LogP contribution in [0.4, 0.5) is 5.82 Å². The van der Waals surface area contributed by atoms with E-state index in [1.165, 1.54) is 46.3 Å². The monoisotopic (exact) mass is 461 g/mol. The minimum atomic E-state index is -1.01. The van der Waals surface area contributed by atoms with Gasteiger partial charge in [0.05, 0.1) is 6.33 Å². The van der Waals surface area contributed by atoms with Gasteiger partial charge in [-0.05, 0) is 12.8 Å². The number of hydrogen-bond donors (Lipinski definition) is 1. The van der Waals surface area contributed by atoms with Crippen LogP contribution in [-0.2, 0) is 33.3 Å². The lowest BCUT2D eigenvalue weighted by Crippen LogP contribution is -2.40. The molecule has 0 bridgehead atoms. The van der Waals surface area contributed by atoms with Crippen molar-refractivity contribution in [1.82, 2.24) is 19.5 Å². The van der Waals surface area contributed by atoms with E-state index in [0.717, 1.165) is 12.8 Å². The third-order valence-corrected chi connectivity index (χ3v) is 5.67. The van der Waals surface area contributed by atoms with Crippen LogP contribution in [0.1, 0.15) is 52.7 Å². The summed E-state index contributed by atoms with van der Waals surface area (Å²) in [7, 11) is 0. The van der Waals surface area contributed by atoms with Crippen LogP contribution >= 0.6 is 0 Å².